The zero-order valence-electron chi connectivity index (χ0n) is 8.53. The molecule has 0 bridgehead atoms. The van der Waals surface area contributed by atoms with E-state index in [1.165, 1.54) is 11.5 Å². The maximum absolute atomic E-state index is 5.04. The Kier molecular flexibility index (Phi) is 4.77. The molecule has 14 heavy (non-hydrogen) atoms. The van der Waals surface area contributed by atoms with Crippen LogP contribution in [0.5, 0.6) is 0 Å². The lowest BCUT2D eigenvalue weighted by molar-refractivity contribution is 0.202. The number of nitrogens with zero attached hydrogens (tertiary/aromatic N) is 3. The van der Waals surface area contributed by atoms with Crippen LogP contribution in [0.2, 0.25) is 0 Å². The van der Waals surface area contributed by atoms with Gasteiger partial charge in [0.2, 0.25) is 5.13 Å². The van der Waals surface area contributed by atoms with Gasteiger partial charge >= 0.3 is 0 Å². The SMILES string of the molecule is COCC(Br)CN(C)c1nc(C)ns1. The van der Waals surface area contributed by atoms with Crippen LogP contribution in [0.25, 0.3) is 0 Å². The van der Waals surface area contributed by atoms with E-state index in [4.69, 9.17) is 4.74 Å². The number of aromatic nitrogens is 2. The smallest absolute Gasteiger partial charge is 0.204 e. The Hall–Kier alpha value is -0.200. The summed E-state index contributed by atoms with van der Waals surface area (Å²) in [6.07, 6.45) is 0. The Labute approximate surface area is 96.6 Å². The summed E-state index contributed by atoms with van der Waals surface area (Å²) in [6.45, 7) is 3.46. The lowest BCUT2D eigenvalue weighted by atomic mass is 10.4. The van der Waals surface area contributed by atoms with Crippen molar-refractivity contribution in [2.24, 2.45) is 0 Å². The summed E-state index contributed by atoms with van der Waals surface area (Å²) < 4.78 is 9.17. The van der Waals surface area contributed by atoms with Crippen LogP contribution in [0.1, 0.15) is 5.82 Å². The number of halogens is 1. The van der Waals surface area contributed by atoms with Crippen LogP contribution >= 0.6 is 27.5 Å². The fourth-order valence-corrected chi connectivity index (χ4v) is 2.39. The zero-order valence-corrected chi connectivity index (χ0v) is 10.9. The van der Waals surface area contributed by atoms with Gasteiger partial charge in [-0.2, -0.15) is 4.37 Å². The maximum atomic E-state index is 5.04. The van der Waals surface area contributed by atoms with Gasteiger partial charge in [0.05, 0.1) is 11.4 Å². The Balaban J connectivity index is 2.45. The Morgan fingerprint density at radius 3 is 2.86 bits per heavy atom. The molecule has 6 heteroatoms. The van der Waals surface area contributed by atoms with Gasteiger partial charge in [-0.1, -0.05) is 15.9 Å². The summed E-state index contributed by atoms with van der Waals surface area (Å²) in [4.78, 5) is 6.69. The number of anilines is 1. The van der Waals surface area contributed by atoms with E-state index in [-0.39, 0.29) is 0 Å². The molecule has 1 atom stereocenters. The van der Waals surface area contributed by atoms with Crippen LogP contribution < -0.4 is 4.90 Å². The first-order valence-electron chi connectivity index (χ1n) is 4.28. The summed E-state index contributed by atoms with van der Waals surface area (Å²) in [5.41, 5.74) is 0. The molecular weight excluding hydrogens is 266 g/mol. The molecule has 0 aliphatic carbocycles. The first kappa shape index (κ1) is 11.9. The van der Waals surface area contributed by atoms with E-state index in [0.29, 0.717) is 11.4 Å². The highest BCUT2D eigenvalue weighted by molar-refractivity contribution is 9.09. The molecule has 0 aliphatic heterocycles. The lowest BCUT2D eigenvalue weighted by Gasteiger charge is -2.18. The fourth-order valence-electron chi connectivity index (χ4n) is 1.05. The van der Waals surface area contributed by atoms with Gasteiger partial charge in [0.15, 0.2) is 0 Å². The number of ether oxygens (including phenoxy) is 1. The van der Waals surface area contributed by atoms with E-state index in [1.54, 1.807) is 7.11 Å². The third kappa shape index (κ3) is 3.51. The highest BCUT2D eigenvalue weighted by atomic mass is 79.9. The molecule has 0 saturated heterocycles. The summed E-state index contributed by atoms with van der Waals surface area (Å²) in [5, 5.41) is 0.947. The molecular formula is C8H14BrN3OS. The normalized spacial score (nSPS) is 12.9. The van der Waals surface area contributed by atoms with Gasteiger partial charge in [0.25, 0.3) is 0 Å². The Morgan fingerprint density at radius 2 is 2.36 bits per heavy atom. The predicted octanol–water partition coefficient (Wildman–Crippen LogP) is 1.69. The standard InChI is InChI=1S/C8H14BrN3OS/c1-6-10-8(14-11-6)12(2)4-7(9)5-13-3/h7H,4-5H2,1-3H3. The van der Waals surface area contributed by atoms with Crippen molar-refractivity contribution < 1.29 is 4.74 Å². The molecule has 80 valence electrons. The lowest BCUT2D eigenvalue weighted by Crippen LogP contribution is -2.28. The number of alkyl halides is 1. The minimum atomic E-state index is 0.321. The third-order valence-corrected chi connectivity index (χ3v) is 3.14. The summed E-state index contributed by atoms with van der Waals surface area (Å²) in [6, 6.07) is 0. The fraction of sp³-hybridized carbons (Fsp3) is 0.750. The molecule has 0 aliphatic rings. The molecule has 0 N–H and O–H groups in total. The average molecular weight is 280 g/mol. The predicted molar refractivity (Wildman–Crippen MR) is 62.5 cm³/mol. The van der Waals surface area contributed by atoms with Crippen LogP contribution in [0.15, 0.2) is 0 Å². The molecule has 1 heterocycles. The number of rotatable bonds is 5. The topological polar surface area (TPSA) is 38.2 Å². The van der Waals surface area contributed by atoms with Gasteiger partial charge in [-0.3, -0.25) is 0 Å². The second kappa shape index (κ2) is 5.63. The average Bonchev–Trinajstić information content (AvgIpc) is 2.52. The van der Waals surface area contributed by atoms with Crippen molar-refractivity contribution in [3.8, 4) is 0 Å². The van der Waals surface area contributed by atoms with E-state index >= 15 is 0 Å². The van der Waals surface area contributed by atoms with E-state index in [0.717, 1.165) is 17.5 Å². The van der Waals surface area contributed by atoms with Crippen LogP contribution in [0.4, 0.5) is 5.13 Å². The minimum Gasteiger partial charge on any atom is -0.383 e. The third-order valence-electron chi connectivity index (χ3n) is 1.66. The van der Waals surface area contributed by atoms with Crippen LogP contribution in [0.3, 0.4) is 0 Å². The van der Waals surface area contributed by atoms with Crippen molar-refractivity contribution in [2.75, 3.05) is 32.2 Å². The van der Waals surface area contributed by atoms with E-state index < -0.39 is 0 Å². The first-order valence-corrected chi connectivity index (χ1v) is 5.97. The Morgan fingerprint density at radius 1 is 1.64 bits per heavy atom. The molecule has 4 nitrogen and oxygen atoms in total. The number of hydrogen-bond donors (Lipinski definition) is 0. The highest BCUT2D eigenvalue weighted by Gasteiger charge is 2.11. The van der Waals surface area contributed by atoms with E-state index in [2.05, 4.69) is 30.2 Å². The second-order valence-corrected chi connectivity index (χ2v) is 5.08. The summed E-state index contributed by atoms with van der Waals surface area (Å²) in [7, 11) is 3.70. The quantitative estimate of drug-likeness (QED) is 0.769. The number of hydrogen-bond acceptors (Lipinski definition) is 5. The highest BCUT2D eigenvalue weighted by Crippen LogP contribution is 2.16. The monoisotopic (exact) mass is 279 g/mol. The molecule has 0 spiro atoms. The molecule has 1 unspecified atom stereocenters. The van der Waals surface area contributed by atoms with Crippen LogP contribution in [0, 0.1) is 6.92 Å². The molecule has 0 saturated carbocycles. The van der Waals surface area contributed by atoms with Gasteiger partial charge in [0.1, 0.15) is 5.82 Å². The molecule has 1 aromatic heterocycles. The minimum absolute atomic E-state index is 0.321. The molecule has 0 fully saturated rings. The van der Waals surface area contributed by atoms with E-state index in [1.807, 2.05) is 14.0 Å². The van der Waals surface area contributed by atoms with Crippen molar-refractivity contribution in [1.82, 2.24) is 9.36 Å². The van der Waals surface area contributed by atoms with Crippen molar-refractivity contribution in [3.05, 3.63) is 5.82 Å². The Bertz CT molecular complexity index is 281. The second-order valence-electron chi connectivity index (χ2n) is 3.06. The van der Waals surface area contributed by atoms with Crippen LogP contribution in [-0.2, 0) is 4.74 Å². The van der Waals surface area contributed by atoms with Crippen molar-refractivity contribution in [2.45, 2.75) is 11.8 Å². The zero-order chi connectivity index (χ0) is 10.6. The van der Waals surface area contributed by atoms with Crippen LogP contribution in [-0.4, -0.2) is 41.5 Å². The molecule has 0 radical (unpaired) electrons. The van der Waals surface area contributed by atoms with E-state index in [9.17, 15) is 0 Å². The first-order chi connectivity index (χ1) is 6.63. The van der Waals surface area contributed by atoms with Crippen molar-refractivity contribution in [1.29, 1.82) is 0 Å². The van der Waals surface area contributed by atoms with Crippen molar-refractivity contribution >= 4 is 32.6 Å². The summed E-state index contributed by atoms with van der Waals surface area (Å²) >= 11 is 4.95. The van der Waals surface area contributed by atoms with Gasteiger partial charge in [-0.25, -0.2) is 4.98 Å². The summed E-state index contributed by atoms with van der Waals surface area (Å²) in [5.74, 6) is 0.828. The van der Waals surface area contributed by atoms with Gasteiger partial charge < -0.3 is 9.64 Å². The maximum Gasteiger partial charge on any atom is 0.204 e. The molecule has 0 amide bonds. The van der Waals surface area contributed by atoms with Gasteiger partial charge in [-0.15, -0.1) is 0 Å². The number of methoxy groups -OCH3 is 1. The molecule has 0 aromatic carbocycles. The molecule has 1 aromatic rings. The van der Waals surface area contributed by atoms with Gasteiger partial charge in [0, 0.05) is 32.2 Å². The molecule has 1 rings (SSSR count). The number of aryl methyl sites for hydroxylation is 1. The van der Waals surface area contributed by atoms with Gasteiger partial charge in [-0.05, 0) is 6.92 Å². The largest absolute Gasteiger partial charge is 0.383 e. The van der Waals surface area contributed by atoms with Crippen molar-refractivity contribution in [3.63, 3.8) is 0 Å².